The molecule has 3 aromatic rings. The third-order valence-electron chi connectivity index (χ3n) is 8.00. The van der Waals surface area contributed by atoms with Gasteiger partial charge in [-0.2, -0.15) is 0 Å². The Hall–Kier alpha value is -4.25. The average Bonchev–Trinajstić information content (AvgIpc) is 3.55. The second-order valence-corrected chi connectivity index (χ2v) is 10.3. The van der Waals surface area contributed by atoms with E-state index in [9.17, 15) is 14.4 Å². The molecule has 1 saturated heterocycles. The normalized spacial score (nSPS) is 23.2. The van der Waals surface area contributed by atoms with Crippen molar-refractivity contribution >= 4 is 29.0 Å². The van der Waals surface area contributed by atoms with E-state index in [1.807, 2.05) is 0 Å². The number of anilines is 1. The minimum absolute atomic E-state index is 0.155. The molecular weight excluding hydrogens is 474 g/mol. The molecule has 5 heteroatoms. The van der Waals surface area contributed by atoms with Crippen molar-refractivity contribution in [2.24, 2.45) is 23.7 Å². The number of esters is 1. The monoisotopic (exact) mass is 503 g/mol. The molecule has 2 fully saturated rings. The number of fused-ring (bicyclic) bond motifs is 5. The van der Waals surface area contributed by atoms with E-state index < -0.39 is 17.8 Å². The van der Waals surface area contributed by atoms with Crippen LogP contribution in [0.15, 0.2) is 90.5 Å². The summed E-state index contributed by atoms with van der Waals surface area (Å²) in [5.41, 5.74) is 7.53. The molecule has 4 atom stereocenters. The predicted octanol–water partition coefficient (Wildman–Crippen LogP) is 5.90. The van der Waals surface area contributed by atoms with Crippen molar-refractivity contribution in [2.45, 2.75) is 20.8 Å². The van der Waals surface area contributed by atoms with Gasteiger partial charge in [0.2, 0.25) is 11.8 Å². The maximum atomic E-state index is 13.9. The zero-order chi connectivity index (χ0) is 26.6. The van der Waals surface area contributed by atoms with Gasteiger partial charge in [-0.15, -0.1) is 0 Å². The molecule has 0 spiro atoms. The molecule has 0 N–H and O–H groups in total. The van der Waals surface area contributed by atoms with Crippen molar-refractivity contribution in [3.8, 4) is 0 Å². The molecule has 1 heterocycles. The SMILES string of the molecule is CCOC(=O)c1cccc(N2C(=O)[C@@H]3[C@H](C2=O)[C@H]2C=C[C@H]3C2=C(c2ccc(C)cc2)c2ccc(C)cc2)c1. The van der Waals surface area contributed by atoms with Crippen LogP contribution < -0.4 is 4.90 Å². The van der Waals surface area contributed by atoms with Crippen molar-refractivity contribution in [1.82, 2.24) is 0 Å². The van der Waals surface area contributed by atoms with Gasteiger partial charge in [0.05, 0.1) is 29.7 Å². The summed E-state index contributed by atoms with van der Waals surface area (Å²) >= 11 is 0. The van der Waals surface area contributed by atoms with Crippen LogP contribution in [0.2, 0.25) is 0 Å². The van der Waals surface area contributed by atoms with Gasteiger partial charge < -0.3 is 4.74 Å². The Morgan fingerprint density at radius 3 is 1.79 bits per heavy atom. The van der Waals surface area contributed by atoms with Crippen LogP contribution in [-0.4, -0.2) is 24.4 Å². The minimum atomic E-state index is -0.471. The van der Waals surface area contributed by atoms with Crippen molar-refractivity contribution in [2.75, 3.05) is 11.5 Å². The zero-order valence-electron chi connectivity index (χ0n) is 21.7. The number of nitrogens with zero attached hydrogens (tertiary/aromatic N) is 1. The molecule has 0 radical (unpaired) electrons. The Kier molecular flexibility index (Phi) is 5.87. The number of ether oxygens (including phenoxy) is 1. The van der Waals surface area contributed by atoms with Gasteiger partial charge in [-0.1, -0.05) is 77.9 Å². The summed E-state index contributed by atoms with van der Waals surface area (Å²) in [5.74, 6) is -2.10. The number of carbonyl (C=O) groups excluding carboxylic acids is 3. The van der Waals surface area contributed by atoms with E-state index in [0.717, 1.165) is 22.3 Å². The van der Waals surface area contributed by atoms with Crippen LogP contribution in [0.3, 0.4) is 0 Å². The number of allylic oxidation sites excluding steroid dienone is 3. The standard InChI is InChI=1S/C33H29NO4/c1-4-38-33(37)23-6-5-7-24(18-23)34-31(35)29-25-16-17-26(30(29)32(34)36)28(25)27(21-12-8-19(2)9-13-21)22-14-10-20(3)11-15-22/h5-18,25-26,29-30H,4H2,1-3H3/t25-,26-,29-,30+/m0/s1. The van der Waals surface area contributed by atoms with E-state index >= 15 is 0 Å². The summed E-state index contributed by atoms with van der Waals surface area (Å²) in [5, 5.41) is 0. The minimum Gasteiger partial charge on any atom is -0.462 e. The van der Waals surface area contributed by atoms with Crippen molar-refractivity contribution in [3.05, 3.63) is 118 Å². The maximum Gasteiger partial charge on any atom is 0.338 e. The van der Waals surface area contributed by atoms with E-state index in [1.165, 1.54) is 16.0 Å². The number of aryl methyl sites for hydroxylation is 2. The van der Waals surface area contributed by atoms with Gasteiger partial charge in [0, 0.05) is 11.8 Å². The number of carbonyl (C=O) groups is 3. The largest absolute Gasteiger partial charge is 0.462 e. The third kappa shape index (κ3) is 3.73. The Labute approximate surface area is 222 Å². The first kappa shape index (κ1) is 24.1. The van der Waals surface area contributed by atoms with Crippen LogP contribution in [0, 0.1) is 37.5 Å². The molecule has 38 heavy (non-hydrogen) atoms. The highest BCUT2D eigenvalue weighted by Crippen LogP contribution is 2.58. The molecule has 2 bridgehead atoms. The van der Waals surface area contributed by atoms with E-state index in [-0.39, 0.29) is 30.3 Å². The molecule has 5 nitrogen and oxygen atoms in total. The first-order chi connectivity index (χ1) is 18.4. The van der Waals surface area contributed by atoms with Gasteiger partial charge in [-0.05, 0) is 61.2 Å². The molecule has 3 aliphatic rings. The number of benzene rings is 3. The average molecular weight is 504 g/mol. The molecule has 3 aromatic carbocycles. The van der Waals surface area contributed by atoms with Crippen molar-refractivity contribution in [1.29, 1.82) is 0 Å². The lowest BCUT2D eigenvalue weighted by molar-refractivity contribution is -0.122. The fourth-order valence-corrected chi connectivity index (χ4v) is 6.28. The van der Waals surface area contributed by atoms with Crippen LogP contribution in [0.25, 0.3) is 5.57 Å². The first-order valence-electron chi connectivity index (χ1n) is 13.1. The molecule has 1 saturated carbocycles. The van der Waals surface area contributed by atoms with Crippen LogP contribution >= 0.6 is 0 Å². The Bertz CT molecular complexity index is 1430. The molecule has 6 rings (SSSR count). The van der Waals surface area contributed by atoms with Gasteiger partial charge in [-0.25, -0.2) is 9.69 Å². The Morgan fingerprint density at radius 2 is 1.29 bits per heavy atom. The van der Waals surface area contributed by atoms with Gasteiger partial charge >= 0.3 is 5.97 Å². The first-order valence-corrected chi connectivity index (χ1v) is 13.1. The Balaban J connectivity index is 1.43. The molecule has 1 aliphatic heterocycles. The van der Waals surface area contributed by atoms with Crippen molar-refractivity contribution < 1.29 is 19.1 Å². The number of hydrogen-bond acceptors (Lipinski definition) is 4. The molecule has 0 unspecified atom stereocenters. The second-order valence-electron chi connectivity index (χ2n) is 10.3. The molecule has 0 aromatic heterocycles. The molecule has 190 valence electrons. The summed E-state index contributed by atoms with van der Waals surface area (Å²) in [6.45, 7) is 6.13. The maximum absolute atomic E-state index is 13.9. The summed E-state index contributed by atoms with van der Waals surface area (Å²) in [6.07, 6.45) is 4.21. The van der Waals surface area contributed by atoms with Gasteiger partial charge in [-0.3, -0.25) is 9.59 Å². The zero-order valence-corrected chi connectivity index (χ0v) is 21.7. The van der Waals surface area contributed by atoms with Gasteiger partial charge in [0.25, 0.3) is 0 Å². The van der Waals surface area contributed by atoms with E-state index in [2.05, 4.69) is 74.5 Å². The third-order valence-corrected chi connectivity index (χ3v) is 8.00. The summed E-state index contributed by atoms with van der Waals surface area (Å²) < 4.78 is 5.11. The fraction of sp³-hybridized carbons (Fsp3) is 0.242. The van der Waals surface area contributed by atoms with Crippen LogP contribution in [0.1, 0.15) is 39.5 Å². The molecule has 2 aliphatic carbocycles. The quantitative estimate of drug-likeness (QED) is 0.247. The smallest absolute Gasteiger partial charge is 0.338 e. The van der Waals surface area contributed by atoms with E-state index in [0.29, 0.717) is 11.3 Å². The highest BCUT2D eigenvalue weighted by Gasteiger charge is 2.62. The second kappa shape index (κ2) is 9.25. The predicted molar refractivity (Wildman–Crippen MR) is 146 cm³/mol. The lowest BCUT2D eigenvalue weighted by Gasteiger charge is -2.22. The molecular formula is C33H29NO4. The highest BCUT2D eigenvalue weighted by molar-refractivity contribution is 6.23. The number of hydrogen-bond donors (Lipinski definition) is 0. The lowest BCUT2D eigenvalue weighted by atomic mass is 9.85. The van der Waals surface area contributed by atoms with Crippen LogP contribution in [0.4, 0.5) is 5.69 Å². The summed E-state index contributed by atoms with van der Waals surface area (Å²) in [7, 11) is 0. The summed E-state index contributed by atoms with van der Waals surface area (Å²) in [4.78, 5) is 41.3. The fourth-order valence-electron chi connectivity index (χ4n) is 6.28. The van der Waals surface area contributed by atoms with E-state index in [1.54, 1.807) is 31.2 Å². The Morgan fingerprint density at radius 1 is 0.763 bits per heavy atom. The van der Waals surface area contributed by atoms with Crippen molar-refractivity contribution in [3.63, 3.8) is 0 Å². The number of rotatable bonds is 5. The number of amides is 2. The van der Waals surface area contributed by atoms with E-state index in [4.69, 9.17) is 4.74 Å². The lowest BCUT2D eigenvalue weighted by Crippen LogP contribution is -2.33. The highest BCUT2D eigenvalue weighted by atomic mass is 16.5. The summed E-state index contributed by atoms with van der Waals surface area (Å²) in [6, 6.07) is 23.5. The van der Waals surface area contributed by atoms with Gasteiger partial charge in [0.1, 0.15) is 0 Å². The molecule has 2 amide bonds. The number of imide groups is 1. The van der Waals surface area contributed by atoms with Gasteiger partial charge in [0.15, 0.2) is 0 Å². The topological polar surface area (TPSA) is 63.7 Å². The van der Waals surface area contributed by atoms with Crippen LogP contribution in [0.5, 0.6) is 0 Å². The van der Waals surface area contributed by atoms with Crippen LogP contribution in [-0.2, 0) is 14.3 Å².